The van der Waals surface area contributed by atoms with Crippen molar-refractivity contribution in [2.75, 3.05) is 19.0 Å². The monoisotopic (exact) mass is 429 g/mol. The summed E-state index contributed by atoms with van der Waals surface area (Å²) in [6.45, 7) is 2.28. The largest absolute Gasteiger partial charge is 0.378 e. The van der Waals surface area contributed by atoms with Crippen LogP contribution in [0.4, 0.5) is 5.69 Å². The molecule has 0 aliphatic heterocycles. The van der Waals surface area contributed by atoms with Crippen molar-refractivity contribution >= 4 is 17.8 Å². The van der Waals surface area contributed by atoms with Gasteiger partial charge in [-0.2, -0.15) is 5.10 Å². The van der Waals surface area contributed by atoms with Crippen LogP contribution in [0.5, 0.6) is 0 Å². The van der Waals surface area contributed by atoms with E-state index in [9.17, 15) is 4.79 Å². The minimum atomic E-state index is 0.0101. The SMILES string of the molecule is CCCCCCCCCCCCCCCCCC(=O)N/N=C\c1ccc(N(C)C)cc1. The number of benzene rings is 1. The lowest BCUT2D eigenvalue weighted by Gasteiger charge is -2.11. The smallest absolute Gasteiger partial charge is 0.240 e. The van der Waals surface area contributed by atoms with Crippen LogP contribution >= 0.6 is 0 Å². The Morgan fingerprint density at radius 3 is 1.68 bits per heavy atom. The summed E-state index contributed by atoms with van der Waals surface area (Å²) in [5.74, 6) is 0.0101. The molecule has 0 saturated heterocycles. The number of anilines is 1. The summed E-state index contributed by atoms with van der Waals surface area (Å²) in [7, 11) is 4.03. The minimum absolute atomic E-state index is 0.0101. The normalized spacial score (nSPS) is 11.2. The zero-order valence-electron chi connectivity index (χ0n) is 20.5. The van der Waals surface area contributed by atoms with Gasteiger partial charge < -0.3 is 4.90 Å². The third-order valence-electron chi connectivity index (χ3n) is 5.82. The van der Waals surface area contributed by atoms with Crippen molar-refractivity contribution < 1.29 is 4.79 Å². The molecule has 1 aromatic rings. The average Bonchev–Trinajstić information content (AvgIpc) is 2.76. The summed E-state index contributed by atoms with van der Waals surface area (Å²) in [4.78, 5) is 13.9. The van der Waals surface area contributed by atoms with Gasteiger partial charge in [0.1, 0.15) is 0 Å². The first-order valence-electron chi connectivity index (χ1n) is 12.7. The summed E-state index contributed by atoms with van der Waals surface area (Å²) in [5.41, 5.74) is 4.77. The van der Waals surface area contributed by atoms with Crippen molar-refractivity contribution in [1.82, 2.24) is 5.43 Å². The second-order valence-corrected chi connectivity index (χ2v) is 8.98. The van der Waals surface area contributed by atoms with Crippen molar-refractivity contribution in [3.63, 3.8) is 0 Å². The van der Waals surface area contributed by atoms with Crippen LogP contribution in [0.1, 0.15) is 115 Å². The molecular weight excluding hydrogens is 382 g/mol. The van der Waals surface area contributed by atoms with Crippen molar-refractivity contribution in [1.29, 1.82) is 0 Å². The summed E-state index contributed by atoms with van der Waals surface area (Å²) < 4.78 is 0. The fourth-order valence-electron chi connectivity index (χ4n) is 3.75. The first kappa shape index (κ1) is 27.2. The molecule has 1 aromatic carbocycles. The fraction of sp³-hybridized carbons (Fsp3) is 0.704. The van der Waals surface area contributed by atoms with Crippen LogP contribution in [0, 0.1) is 0 Å². The number of hydrogen-bond donors (Lipinski definition) is 1. The van der Waals surface area contributed by atoms with E-state index in [4.69, 9.17) is 0 Å². The molecule has 0 spiro atoms. The number of hydrogen-bond acceptors (Lipinski definition) is 3. The quantitative estimate of drug-likeness (QED) is 0.141. The maximum absolute atomic E-state index is 11.9. The van der Waals surface area contributed by atoms with Crippen LogP contribution in [0.15, 0.2) is 29.4 Å². The summed E-state index contributed by atoms with van der Waals surface area (Å²) in [6.07, 6.45) is 22.3. The molecule has 4 heteroatoms. The van der Waals surface area contributed by atoms with Crippen LogP contribution in [-0.2, 0) is 4.79 Å². The lowest BCUT2D eigenvalue weighted by molar-refractivity contribution is -0.121. The second-order valence-electron chi connectivity index (χ2n) is 8.98. The molecule has 0 aliphatic rings. The average molecular weight is 430 g/mol. The van der Waals surface area contributed by atoms with E-state index >= 15 is 0 Å². The predicted octanol–water partition coefficient (Wildman–Crippen LogP) is 7.46. The van der Waals surface area contributed by atoms with Gasteiger partial charge in [0.15, 0.2) is 0 Å². The number of rotatable bonds is 19. The predicted molar refractivity (Wildman–Crippen MR) is 136 cm³/mol. The molecular formula is C27H47N3O. The van der Waals surface area contributed by atoms with Crippen LogP contribution in [-0.4, -0.2) is 26.2 Å². The van der Waals surface area contributed by atoms with E-state index in [1.165, 1.54) is 83.5 Å². The molecule has 0 atom stereocenters. The van der Waals surface area contributed by atoms with Crippen LogP contribution in [0.2, 0.25) is 0 Å². The number of amides is 1. The van der Waals surface area contributed by atoms with Gasteiger partial charge in [-0.1, -0.05) is 109 Å². The molecule has 0 saturated carbocycles. The summed E-state index contributed by atoms with van der Waals surface area (Å²) in [5, 5.41) is 4.07. The summed E-state index contributed by atoms with van der Waals surface area (Å²) in [6, 6.07) is 8.08. The minimum Gasteiger partial charge on any atom is -0.378 e. The highest BCUT2D eigenvalue weighted by Crippen LogP contribution is 2.14. The van der Waals surface area contributed by atoms with E-state index in [-0.39, 0.29) is 5.91 Å². The zero-order chi connectivity index (χ0) is 22.6. The third kappa shape index (κ3) is 15.6. The number of nitrogens with zero attached hydrogens (tertiary/aromatic N) is 2. The maximum Gasteiger partial charge on any atom is 0.240 e. The standard InChI is InChI=1S/C27H47N3O/c1-4-5-6-7-8-9-10-11-12-13-14-15-16-17-18-19-27(31)29-28-24-25-20-22-26(23-21-25)30(2)3/h20-24H,4-19H2,1-3H3,(H,29,31)/b28-24-. The van der Waals surface area contributed by atoms with Gasteiger partial charge in [0.25, 0.3) is 0 Å². The van der Waals surface area contributed by atoms with E-state index in [0.717, 1.165) is 24.1 Å². The van der Waals surface area contributed by atoms with Gasteiger partial charge in [-0.3, -0.25) is 4.79 Å². The van der Waals surface area contributed by atoms with E-state index in [1.54, 1.807) is 6.21 Å². The van der Waals surface area contributed by atoms with Crippen LogP contribution < -0.4 is 10.3 Å². The van der Waals surface area contributed by atoms with Crippen molar-refractivity contribution in [2.45, 2.75) is 110 Å². The molecule has 0 aliphatic carbocycles. The van der Waals surface area contributed by atoms with Crippen molar-refractivity contribution in [2.24, 2.45) is 5.10 Å². The lowest BCUT2D eigenvalue weighted by Crippen LogP contribution is -2.16. The summed E-state index contributed by atoms with van der Waals surface area (Å²) >= 11 is 0. The Hall–Kier alpha value is -1.84. The molecule has 4 nitrogen and oxygen atoms in total. The molecule has 1 amide bonds. The van der Waals surface area contributed by atoms with E-state index < -0.39 is 0 Å². The maximum atomic E-state index is 11.9. The lowest BCUT2D eigenvalue weighted by atomic mass is 10.0. The number of nitrogens with one attached hydrogen (secondary N) is 1. The molecule has 1 rings (SSSR count). The highest BCUT2D eigenvalue weighted by molar-refractivity contribution is 5.82. The number of hydrazone groups is 1. The van der Waals surface area contributed by atoms with Gasteiger partial charge >= 0.3 is 0 Å². The third-order valence-corrected chi connectivity index (χ3v) is 5.82. The van der Waals surface area contributed by atoms with Gasteiger partial charge in [0.05, 0.1) is 6.21 Å². The number of carbonyl (C=O) groups excluding carboxylic acids is 1. The van der Waals surface area contributed by atoms with Gasteiger partial charge in [-0.25, -0.2) is 5.43 Å². The molecule has 0 unspecified atom stereocenters. The zero-order valence-corrected chi connectivity index (χ0v) is 20.5. The first-order valence-corrected chi connectivity index (χ1v) is 12.7. The van der Waals surface area contributed by atoms with E-state index in [1.807, 2.05) is 38.4 Å². The molecule has 0 heterocycles. The van der Waals surface area contributed by atoms with Gasteiger partial charge in [-0.05, 0) is 24.1 Å². The fourth-order valence-corrected chi connectivity index (χ4v) is 3.75. The highest BCUT2D eigenvalue weighted by atomic mass is 16.2. The molecule has 1 N–H and O–H groups in total. The topological polar surface area (TPSA) is 44.7 Å². The Morgan fingerprint density at radius 1 is 0.774 bits per heavy atom. The van der Waals surface area contributed by atoms with Crippen LogP contribution in [0.3, 0.4) is 0 Å². The number of unbranched alkanes of at least 4 members (excludes halogenated alkanes) is 14. The molecule has 176 valence electrons. The van der Waals surface area contributed by atoms with Gasteiger partial charge in [-0.15, -0.1) is 0 Å². The Morgan fingerprint density at radius 2 is 1.23 bits per heavy atom. The van der Waals surface area contributed by atoms with Crippen molar-refractivity contribution in [3.8, 4) is 0 Å². The number of carbonyl (C=O) groups is 1. The highest BCUT2D eigenvalue weighted by Gasteiger charge is 2.00. The van der Waals surface area contributed by atoms with E-state index in [2.05, 4.69) is 22.4 Å². The van der Waals surface area contributed by atoms with Crippen molar-refractivity contribution in [3.05, 3.63) is 29.8 Å². The second kappa shape index (κ2) is 18.9. The Labute approximate surface area is 191 Å². The molecule has 0 fully saturated rings. The van der Waals surface area contributed by atoms with Crippen LogP contribution in [0.25, 0.3) is 0 Å². The molecule has 0 bridgehead atoms. The molecule has 0 radical (unpaired) electrons. The van der Waals surface area contributed by atoms with E-state index in [0.29, 0.717) is 6.42 Å². The Kier molecular flexibility index (Phi) is 16.6. The first-order chi connectivity index (χ1) is 15.1. The molecule has 31 heavy (non-hydrogen) atoms. The Bertz CT molecular complexity index is 581. The molecule has 0 aromatic heterocycles. The van der Waals surface area contributed by atoms with Gasteiger partial charge in [0, 0.05) is 26.2 Å². The van der Waals surface area contributed by atoms with Gasteiger partial charge in [0.2, 0.25) is 5.91 Å². The Balaban J connectivity index is 1.89.